The van der Waals surface area contributed by atoms with E-state index in [2.05, 4.69) is 0 Å². The summed E-state index contributed by atoms with van der Waals surface area (Å²) in [5, 5.41) is 0.489. The maximum atomic E-state index is 12.5. The summed E-state index contributed by atoms with van der Waals surface area (Å²) < 4.78 is 11.2. The molecule has 3 rings (SSSR count). The molecular formula is C22H23O4+. The minimum atomic E-state index is -0.199. The molecule has 1 atom stereocenters. The van der Waals surface area contributed by atoms with Gasteiger partial charge in [-0.05, 0) is 30.7 Å². The van der Waals surface area contributed by atoms with Gasteiger partial charge in [-0.25, -0.2) is 4.42 Å². The molecule has 1 aromatic carbocycles. The number of allylic oxidation sites excluding steroid dienone is 4. The van der Waals surface area contributed by atoms with Crippen molar-refractivity contribution >= 4 is 12.2 Å². The molecule has 0 fully saturated rings. The minimum absolute atomic E-state index is 0.0902. The van der Waals surface area contributed by atoms with E-state index in [1.807, 2.05) is 52.0 Å². The Balaban J connectivity index is 2.02. The topological polar surface area (TPSA) is 54.7 Å². The van der Waals surface area contributed by atoms with Gasteiger partial charge in [-0.15, -0.1) is 0 Å². The van der Waals surface area contributed by atoms with Gasteiger partial charge in [-0.3, -0.25) is 9.59 Å². The van der Waals surface area contributed by atoms with Gasteiger partial charge in [0, 0.05) is 24.5 Å². The first kappa shape index (κ1) is 18.1. The Morgan fingerprint density at radius 2 is 1.77 bits per heavy atom. The smallest absolute Gasteiger partial charge is 0.329 e. The van der Waals surface area contributed by atoms with Gasteiger partial charge in [-0.1, -0.05) is 19.9 Å². The fourth-order valence-corrected chi connectivity index (χ4v) is 3.16. The number of ether oxygens (including phenoxy) is 1. The summed E-state index contributed by atoms with van der Waals surface area (Å²) in [6.45, 7) is 7.73. The van der Waals surface area contributed by atoms with E-state index in [1.54, 1.807) is 12.2 Å². The Kier molecular flexibility index (Phi) is 5.03. The van der Waals surface area contributed by atoms with Crippen LogP contribution in [0.5, 0.6) is 0 Å². The maximum absolute atomic E-state index is 12.5. The third-order valence-electron chi connectivity index (χ3n) is 4.43. The highest BCUT2D eigenvalue weighted by atomic mass is 16.5. The average Bonchev–Trinajstić information content (AvgIpc) is 2.63. The molecule has 0 N–H and O–H groups in total. The standard InChI is InChI=1S/C22H23O4/c1-5-17-9-15(7-13(3)25-17)11-19-21(23)20(22(19)24)12-16-8-14(4)26-18(6-2)10-16/h7-12,15H,5-6H2,1-4H3/q+1. The summed E-state index contributed by atoms with van der Waals surface area (Å²) in [6.07, 6.45) is 8.76. The Hall–Kier alpha value is -2.75. The Morgan fingerprint density at radius 3 is 2.42 bits per heavy atom. The van der Waals surface area contributed by atoms with E-state index >= 15 is 0 Å². The first-order valence-electron chi connectivity index (χ1n) is 8.94. The zero-order chi connectivity index (χ0) is 18.8. The number of hydrogen-bond donors (Lipinski definition) is 0. The Morgan fingerprint density at radius 1 is 1.04 bits per heavy atom. The van der Waals surface area contributed by atoms with E-state index in [0.717, 1.165) is 41.4 Å². The molecule has 0 spiro atoms. The van der Waals surface area contributed by atoms with Crippen LogP contribution in [-0.4, -0.2) is 0 Å². The van der Waals surface area contributed by atoms with E-state index < -0.39 is 0 Å². The van der Waals surface area contributed by atoms with Crippen LogP contribution >= 0.6 is 0 Å². The van der Waals surface area contributed by atoms with Gasteiger partial charge in [0.1, 0.15) is 5.76 Å². The van der Waals surface area contributed by atoms with Crippen LogP contribution in [0.4, 0.5) is 0 Å². The Bertz CT molecular complexity index is 1060. The SMILES string of the molecule is CCC1=CC(C=c2c(=O)c(=Cc3cc(C)[o+]c(CC)c3)c2=O)C=C(C)O1. The van der Waals surface area contributed by atoms with Crippen molar-refractivity contribution in [2.24, 2.45) is 5.92 Å². The lowest BCUT2D eigenvalue weighted by Gasteiger charge is -2.17. The van der Waals surface area contributed by atoms with Crippen LogP contribution in [-0.2, 0) is 11.2 Å². The summed E-state index contributed by atoms with van der Waals surface area (Å²) in [5.74, 6) is 3.14. The summed E-state index contributed by atoms with van der Waals surface area (Å²) in [7, 11) is 0. The molecular weight excluding hydrogens is 328 g/mol. The first-order valence-corrected chi connectivity index (χ1v) is 8.94. The van der Waals surface area contributed by atoms with Crippen LogP contribution in [0, 0.1) is 12.8 Å². The van der Waals surface area contributed by atoms with Crippen molar-refractivity contribution < 1.29 is 9.15 Å². The predicted molar refractivity (Wildman–Crippen MR) is 103 cm³/mol. The summed E-state index contributed by atoms with van der Waals surface area (Å²) >= 11 is 0. The van der Waals surface area contributed by atoms with E-state index in [1.165, 1.54) is 0 Å². The molecule has 0 bridgehead atoms. The van der Waals surface area contributed by atoms with Gasteiger partial charge < -0.3 is 4.74 Å². The van der Waals surface area contributed by atoms with Crippen LogP contribution in [0.25, 0.3) is 12.2 Å². The molecule has 0 radical (unpaired) electrons. The molecule has 1 aliphatic heterocycles. The fourth-order valence-electron chi connectivity index (χ4n) is 3.16. The molecule has 26 heavy (non-hydrogen) atoms. The second-order valence-electron chi connectivity index (χ2n) is 6.56. The summed E-state index contributed by atoms with van der Waals surface area (Å²) in [6, 6.07) is 3.69. The zero-order valence-electron chi connectivity index (χ0n) is 15.6. The summed E-state index contributed by atoms with van der Waals surface area (Å²) in [5.41, 5.74) is 0.419. The molecule has 2 aromatic rings. The van der Waals surface area contributed by atoms with Gasteiger partial charge in [0.15, 0.2) is 0 Å². The fraction of sp³-hybridized carbons (Fsp3) is 0.318. The molecule has 1 aliphatic rings. The van der Waals surface area contributed by atoms with Gasteiger partial charge in [0.2, 0.25) is 10.9 Å². The van der Waals surface area contributed by atoms with Gasteiger partial charge in [0.05, 0.1) is 29.5 Å². The molecule has 0 aliphatic carbocycles. The molecule has 0 saturated heterocycles. The number of rotatable bonds is 4. The molecule has 134 valence electrons. The van der Waals surface area contributed by atoms with E-state index in [0.29, 0.717) is 0 Å². The van der Waals surface area contributed by atoms with E-state index in [9.17, 15) is 9.59 Å². The predicted octanol–water partition coefficient (Wildman–Crippen LogP) is 2.48. The van der Waals surface area contributed by atoms with Crippen molar-refractivity contribution in [2.45, 2.75) is 40.5 Å². The van der Waals surface area contributed by atoms with Crippen LogP contribution in [0.15, 0.2) is 49.8 Å². The van der Waals surface area contributed by atoms with Crippen LogP contribution in [0.1, 0.15) is 44.3 Å². The lowest BCUT2D eigenvalue weighted by Crippen LogP contribution is -2.64. The number of hydrogen-bond acceptors (Lipinski definition) is 3. The third-order valence-corrected chi connectivity index (χ3v) is 4.43. The largest absolute Gasteiger partial charge is 0.467 e. The molecule has 4 nitrogen and oxygen atoms in total. The molecule has 0 saturated carbocycles. The monoisotopic (exact) mass is 351 g/mol. The molecule has 2 heterocycles. The van der Waals surface area contributed by atoms with Crippen LogP contribution in [0.2, 0.25) is 0 Å². The second-order valence-corrected chi connectivity index (χ2v) is 6.56. The van der Waals surface area contributed by atoms with Crippen molar-refractivity contribution in [2.75, 3.05) is 0 Å². The van der Waals surface area contributed by atoms with E-state index in [4.69, 9.17) is 9.15 Å². The van der Waals surface area contributed by atoms with Crippen molar-refractivity contribution in [3.05, 3.63) is 83.8 Å². The molecule has 4 heteroatoms. The van der Waals surface area contributed by atoms with E-state index in [-0.39, 0.29) is 27.2 Å². The lowest BCUT2D eigenvalue weighted by atomic mass is 10.00. The van der Waals surface area contributed by atoms with Gasteiger partial charge in [-0.2, -0.15) is 0 Å². The van der Waals surface area contributed by atoms with Crippen molar-refractivity contribution in [3.8, 4) is 0 Å². The van der Waals surface area contributed by atoms with Gasteiger partial charge in [0.25, 0.3) is 0 Å². The van der Waals surface area contributed by atoms with Crippen LogP contribution in [0.3, 0.4) is 0 Å². The highest BCUT2D eigenvalue weighted by Gasteiger charge is 2.15. The molecule has 1 aromatic heterocycles. The van der Waals surface area contributed by atoms with Crippen molar-refractivity contribution in [3.63, 3.8) is 0 Å². The normalized spacial score (nSPS) is 16.7. The summed E-state index contributed by atoms with van der Waals surface area (Å²) in [4.78, 5) is 24.9. The minimum Gasteiger partial charge on any atom is -0.467 e. The average molecular weight is 351 g/mol. The molecule has 1 unspecified atom stereocenters. The number of aryl methyl sites for hydroxylation is 2. The zero-order valence-corrected chi connectivity index (χ0v) is 15.6. The van der Waals surface area contributed by atoms with Crippen molar-refractivity contribution in [1.29, 1.82) is 0 Å². The van der Waals surface area contributed by atoms with Gasteiger partial charge >= 0.3 is 11.5 Å². The molecule has 0 amide bonds. The Labute approximate surface area is 152 Å². The second kappa shape index (κ2) is 7.24. The highest BCUT2D eigenvalue weighted by Crippen LogP contribution is 2.21. The highest BCUT2D eigenvalue weighted by molar-refractivity contribution is 5.52. The third kappa shape index (κ3) is 3.59. The maximum Gasteiger partial charge on any atom is 0.329 e. The van der Waals surface area contributed by atoms with Crippen molar-refractivity contribution in [1.82, 2.24) is 0 Å². The lowest BCUT2D eigenvalue weighted by molar-refractivity contribution is 0.283. The van der Waals surface area contributed by atoms with Crippen LogP contribution < -0.4 is 21.3 Å². The quantitative estimate of drug-likeness (QED) is 0.794. The first-order chi connectivity index (χ1) is 12.4.